The first kappa shape index (κ1) is 13.4. The number of pyridine rings is 1. The number of benzene rings is 1. The fraction of sp³-hybridized carbons (Fsp3) is 0.250. The molecule has 0 radical (unpaired) electrons. The van der Waals surface area contributed by atoms with E-state index in [0.717, 1.165) is 28.3 Å². The van der Waals surface area contributed by atoms with Crippen LogP contribution < -0.4 is 10.5 Å². The molecule has 0 unspecified atom stereocenters. The predicted octanol–water partition coefficient (Wildman–Crippen LogP) is 3.17. The first-order valence-electron chi connectivity index (χ1n) is 6.94. The molecule has 0 aliphatic rings. The summed E-state index contributed by atoms with van der Waals surface area (Å²) in [4.78, 5) is 8.74. The van der Waals surface area contributed by atoms with Crippen molar-refractivity contribution in [2.75, 3.05) is 5.73 Å². The van der Waals surface area contributed by atoms with Gasteiger partial charge >= 0.3 is 0 Å². The molecule has 3 aromatic rings. The minimum atomic E-state index is 0.308. The van der Waals surface area contributed by atoms with Gasteiger partial charge in [0.05, 0.1) is 11.7 Å². The SMILES string of the molecule is CC(C)n1c(COc2ccc(N)cc2)nc2cnccc21. The molecule has 21 heavy (non-hydrogen) atoms. The Morgan fingerprint density at radius 1 is 1.19 bits per heavy atom. The molecule has 0 atom stereocenters. The van der Waals surface area contributed by atoms with Crippen LogP contribution in [0, 0.1) is 0 Å². The minimum absolute atomic E-state index is 0.308. The number of nitrogen functional groups attached to an aromatic ring is 1. The van der Waals surface area contributed by atoms with Crippen LogP contribution in [-0.2, 0) is 6.61 Å². The van der Waals surface area contributed by atoms with Crippen molar-refractivity contribution in [1.29, 1.82) is 0 Å². The third-order valence-electron chi connectivity index (χ3n) is 3.33. The highest BCUT2D eigenvalue weighted by Gasteiger charge is 2.13. The number of fused-ring (bicyclic) bond motifs is 1. The second kappa shape index (κ2) is 5.44. The van der Waals surface area contributed by atoms with E-state index in [0.29, 0.717) is 12.6 Å². The Morgan fingerprint density at radius 2 is 1.95 bits per heavy atom. The Balaban J connectivity index is 1.89. The molecule has 2 heterocycles. The van der Waals surface area contributed by atoms with Crippen LogP contribution >= 0.6 is 0 Å². The first-order valence-corrected chi connectivity index (χ1v) is 6.94. The second-order valence-electron chi connectivity index (χ2n) is 5.21. The van der Waals surface area contributed by atoms with Crippen molar-refractivity contribution >= 4 is 16.7 Å². The normalized spacial score (nSPS) is 11.2. The van der Waals surface area contributed by atoms with Gasteiger partial charge in [-0.15, -0.1) is 0 Å². The van der Waals surface area contributed by atoms with E-state index in [2.05, 4.69) is 28.4 Å². The maximum absolute atomic E-state index is 5.81. The summed E-state index contributed by atoms with van der Waals surface area (Å²) in [5.74, 6) is 1.68. The number of anilines is 1. The van der Waals surface area contributed by atoms with Crippen LogP contribution in [0.25, 0.3) is 11.0 Å². The molecule has 2 aromatic heterocycles. The number of aromatic nitrogens is 3. The predicted molar refractivity (Wildman–Crippen MR) is 83.1 cm³/mol. The van der Waals surface area contributed by atoms with Crippen molar-refractivity contribution in [2.45, 2.75) is 26.5 Å². The van der Waals surface area contributed by atoms with E-state index < -0.39 is 0 Å². The number of nitrogens with two attached hydrogens (primary N) is 1. The van der Waals surface area contributed by atoms with Gasteiger partial charge in [-0.25, -0.2) is 4.98 Å². The lowest BCUT2D eigenvalue weighted by molar-refractivity contribution is 0.287. The zero-order valence-electron chi connectivity index (χ0n) is 12.2. The molecule has 0 saturated carbocycles. The molecule has 0 fully saturated rings. The van der Waals surface area contributed by atoms with Gasteiger partial charge in [-0.3, -0.25) is 4.98 Å². The van der Waals surface area contributed by atoms with Crippen molar-refractivity contribution in [2.24, 2.45) is 0 Å². The van der Waals surface area contributed by atoms with Gasteiger partial charge in [0.25, 0.3) is 0 Å². The van der Waals surface area contributed by atoms with Crippen LogP contribution in [0.4, 0.5) is 5.69 Å². The zero-order chi connectivity index (χ0) is 14.8. The van der Waals surface area contributed by atoms with Crippen LogP contribution in [0.2, 0.25) is 0 Å². The zero-order valence-corrected chi connectivity index (χ0v) is 12.2. The van der Waals surface area contributed by atoms with Crippen molar-refractivity contribution in [3.05, 3.63) is 48.5 Å². The summed E-state index contributed by atoms with van der Waals surface area (Å²) >= 11 is 0. The Hall–Kier alpha value is -2.56. The molecule has 5 nitrogen and oxygen atoms in total. The van der Waals surface area contributed by atoms with Crippen LogP contribution in [-0.4, -0.2) is 14.5 Å². The van der Waals surface area contributed by atoms with E-state index in [1.807, 2.05) is 30.3 Å². The molecule has 1 aromatic carbocycles. The van der Waals surface area contributed by atoms with Crippen molar-refractivity contribution < 1.29 is 4.74 Å². The number of rotatable bonds is 4. The maximum atomic E-state index is 5.81. The number of imidazole rings is 1. The second-order valence-corrected chi connectivity index (χ2v) is 5.21. The topological polar surface area (TPSA) is 66.0 Å². The van der Waals surface area contributed by atoms with Crippen molar-refractivity contribution in [3.8, 4) is 5.75 Å². The molecule has 2 N–H and O–H groups in total. The first-order chi connectivity index (χ1) is 10.1. The maximum Gasteiger partial charge on any atom is 0.148 e. The molecular formula is C16H18N4O. The summed E-state index contributed by atoms with van der Waals surface area (Å²) < 4.78 is 7.98. The molecule has 0 aliphatic carbocycles. The van der Waals surface area contributed by atoms with Crippen LogP contribution in [0.1, 0.15) is 25.7 Å². The summed E-state index contributed by atoms with van der Waals surface area (Å²) in [5, 5.41) is 0. The van der Waals surface area contributed by atoms with Gasteiger partial charge in [-0.1, -0.05) is 0 Å². The van der Waals surface area contributed by atoms with Gasteiger partial charge < -0.3 is 15.0 Å². The quantitative estimate of drug-likeness (QED) is 0.746. The van der Waals surface area contributed by atoms with Crippen LogP contribution in [0.15, 0.2) is 42.7 Å². The lowest BCUT2D eigenvalue weighted by atomic mass is 10.3. The number of nitrogens with zero attached hydrogens (tertiary/aromatic N) is 3. The van der Waals surface area contributed by atoms with Gasteiger partial charge in [-0.2, -0.15) is 0 Å². The van der Waals surface area contributed by atoms with E-state index in [-0.39, 0.29) is 0 Å². The van der Waals surface area contributed by atoms with E-state index in [9.17, 15) is 0 Å². The lowest BCUT2D eigenvalue weighted by Gasteiger charge is -2.13. The molecule has 3 rings (SSSR count). The highest BCUT2D eigenvalue weighted by atomic mass is 16.5. The molecule has 0 amide bonds. The van der Waals surface area contributed by atoms with Gasteiger partial charge in [-0.05, 0) is 44.2 Å². The summed E-state index contributed by atoms with van der Waals surface area (Å²) in [6.45, 7) is 4.68. The molecule has 5 heteroatoms. The molecule has 0 saturated heterocycles. The summed E-state index contributed by atoms with van der Waals surface area (Å²) in [7, 11) is 0. The molecule has 0 bridgehead atoms. The van der Waals surface area contributed by atoms with Crippen molar-refractivity contribution in [3.63, 3.8) is 0 Å². The fourth-order valence-corrected chi connectivity index (χ4v) is 2.39. The van der Waals surface area contributed by atoms with E-state index in [4.69, 9.17) is 10.5 Å². The van der Waals surface area contributed by atoms with E-state index >= 15 is 0 Å². The third kappa shape index (κ3) is 2.67. The third-order valence-corrected chi connectivity index (χ3v) is 3.33. The van der Waals surface area contributed by atoms with Gasteiger partial charge in [0, 0.05) is 17.9 Å². The number of hydrogen-bond donors (Lipinski definition) is 1. The lowest BCUT2D eigenvalue weighted by Crippen LogP contribution is -2.09. The number of ether oxygens (including phenoxy) is 1. The average Bonchev–Trinajstić information content (AvgIpc) is 2.85. The van der Waals surface area contributed by atoms with E-state index in [1.165, 1.54) is 0 Å². The van der Waals surface area contributed by atoms with E-state index in [1.54, 1.807) is 12.4 Å². The standard InChI is InChI=1S/C16H18N4O/c1-11(2)20-15-7-8-18-9-14(15)19-16(20)10-21-13-5-3-12(17)4-6-13/h3-9,11H,10,17H2,1-2H3. The number of hydrogen-bond acceptors (Lipinski definition) is 4. The van der Waals surface area contributed by atoms with Crippen LogP contribution in [0.5, 0.6) is 5.75 Å². The highest BCUT2D eigenvalue weighted by molar-refractivity contribution is 5.74. The minimum Gasteiger partial charge on any atom is -0.486 e. The molecule has 0 spiro atoms. The highest BCUT2D eigenvalue weighted by Crippen LogP contribution is 2.22. The summed E-state index contributed by atoms with van der Waals surface area (Å²) in [6.07, 6.45) is 3.56. The fourth-order valence-electron chi connectivity index (χ4n) is 2.39. The molecule has 0 aliphatic heterocycles. The Labute approximate surface area is 123 Å². The monoisotopic (exact) mass is 282 g/mol. The molecular weight excluding hydrogens is 264 g/mol. The van der Waals surface area contributed by atoms with Gasteiger partial charge in [0.2, 0.25) is 0 Å². The Bertz CT molecular complexity index is 747. The van der Waals surface area contributed by atoms with Crippen LogP contribution in [0.3, 0.4) is 0 Å². The largest absolute Gasteiger partial charge is 0.486 e. The van der Waals surface area contributed by atoms with Gasteiger partial charge in [0.1, 0.15) is 23.7 Å². The molecule has 108 valence electrons. The Kier molecular flexibility index (Phi) is 3.48. The Morgan fingerprint density at radius 3 is 2.67 bits per heavy atom. The average molecular weight is 282 g/mol. The summed E-state index contributed by atoms with van der Waals surface area (Å²) in [5.41, 5.74) is 8.37. The summed E-state index contributed by atoms with van der Waals surface area (Å²) in [6, 6.07) is 9.66. The van der Waals surface area contributed by atoms with Gasteiger partial charge in [0.15, 0.2) is 0 Å². The smallest absolute Gasteiger partial charge is 0.148 e. The van der Waals surface area contributed by atoms with Crippen molar-refractivity contribution in [1.82, 2.24) is 14.5 Å².